The third-order valence-electron chi connectivity index (χ3n) is 12.3. The third-order valence-corrected chi connectivity index (χ3v) is 12.3. The normalized spacial score (nSPS) is 40.8. The number of nitrogens with zero attached hydrogens (tertiary/aromatic N) is 1. The summed E-state index contributed by atoms with van der Waals surface area (Å²) in [5, 5.41) is 0. The van der Waals surface area contributed by atoms with Crippen molar-refractivity contribution in [3.8, 4) is 0 Å². The lowest BCUT2D eigenvalue weighted by Gasteiger charge is -2.50. The Morgan fingerprint density at radius 1 is 0.839 bits per heavy atom. The van der Waals surface area contributed by atoms with E-state index in [1.807, 2.05) is 25.9 Å². The molecule has 2 saturated heterocycles. The number of ether oxygens (including phenoxy) is 10. The lowest BCUT2D eigenvalue weighted by atomic mass is 9.76. The molecule has 3 aliphatic heterocycles. The van der Waals surface area contributed by atoms with Crippen LogP contribution in [-0.4, -0.2) is 140 Å². The Hall–Kier alpha value is -4.08. The first-order valence-corrected chi connectivity index (χ1v) is 21.0. The van der Waals surface area contributed by atoms with Crippen molar-refractivity contribution >= 4 is 36.0 Å². The fraction of sp³-hybridized carbons (Fsp3) is 0.810. The van der Waals surface area contributed by atoms with Crippen LogP contribution in [-0.2, 0) is 61.8 Å². The number of primary amides is 3. The van der Waals surface area contributed by atoms with E-state index in [4.69, 9.17) is 64.6 Å². The summed E-state index contributed by atoms with van der Waals surface area (Å²) in [6.07, 6.45) is -11.2. The number of allylic oxidation sites excluding steroid dienone is 1. The zero-order valence-electron chi connectivity index (χ0n) is 38.6. The quantitative estimate of drug-likeness (QED) is 0.197. The Bertz CT molecular complexity index is 1660. The summed E-state index contributed by atoms with van der Waals surface area (Å²) in [4.78, 5) is 80.6. The molecule has 0 unspecified atom stereocenters. The van der Waals surface area contributed by atoms with E-state index < -0.39 is 132 Å². The minimum atomic E-state index is -1.81. The highest BCUT2D eigenvalue weighted by Crippen LogP contribution is 2.42. The summed E-state index contributed by atoms with van der Waals surface area (Å²) in [5.41, 5.74) is 12.1. The van der Waals surface area contributed by atoms with Crippen LogP contribution in [0.25, 0.3) is 0 Å². The van der Waals surface area contributed by atoms with Gasteiger partial charge in [0.05, 0.1) is 30.3 Å². The van der Waals surface area contributed by atoms with Crippen LogP contribution in [0.4, 0.5) is 14.4 Å². The van der Waals surface area contributed by atoms with Gasteiger partial charge in [-0.1, -0.05) is 20.8 Å². The van der Waals surface area contributed by atoms with E-state index in [-0.39, 0.29) is 24.8 Å². The smallest absolute Gasteiger partial charge is 0.405 e. The summed E-state index contributed by atoms with van der Waals surface area (Å²) in [7, 11) is 5.07. The first-order chi connectivity index (χ1) is 28.6. The predicted molar refractivity (Wildman–Crippen MR) is 220 cm³/mol. The van der Waals surface area contributed by atoms with E-state index in [1.54, 1.807) is 41.5 Å². The number of hydrogen-bond acceptors (Lipinski definition) is 17. The van der Waals surface area contributed by atoms with Gasteiger partial charge in [0, 0.05) is 32.3 Å². The molecule has 0 aromatic carbocycles. The standard InChI is InChI=1S/C42H70N4O16/c1-15-28-40(9,61-38(44)51)17-20(2)30(48)21(3)18-42(11,62-39(45)52)33(59-36-32(56-26(8)47)27(46(12)13)16-22(4)54-36)23(5)31(24(6)35(49)57-28)58-29-19-41(10,53-14)34(25(7)55-29)60-37(43)50/h17,21-25,27-29,31-34,36H,15-16,18-19H2,1-14H3,(H2,43,50)(H2,44,51)(H2,45,52)/b20-17+/t21-,22-,23+,24-,25+,27+,28-,29+,31+,32-,33-,34+,36+,40+,41-,42-/m1/s1. The van der Waals surface area contributed by atoms with E-state index in [2.05, 4.69) is 0 Å². The number of Topliss-reactive ketones (excluding diaryl/α,β-unsaturated/α-hetero) is 1. The molecule has 20 nitrogen and oxygen atoms in total. The Kier molecular flexibility index (Phi) is 17.8. The molecular formula is C42H70N4O16. The Labute approximate surface area is 364 Å². The van der Waals surface area contributed by atoms with Gasteiger partial charge in [0.15, 0.2) is 36.2 Å². The average molecular weight is 887 g/mol. The monoisotopic (exact) mass is 886 g/mol. The van der Waals surface area contributed by atoms with Crippen molar-refractivity contribution < 1.29 is 76.1 Å². The molecule has 16 atom stereocenters. The molecule has 0 aliphatic carbocycles. The zero-order chi connectivity index (χ0) is 47.2. The number of nitrogens with two attached hydrogens (primary N) is 3. The highest BCUT2D eigenvalue weighted by Gasteiger charge is 2.55. The second-order valence-electron chi connectivity index (χ2n) is 17.8. The fourth-order valence-corrected chi connectivity index (χ4v) is 9.33. The van der Waals surface area contributed by atoms with Crippen molar-refractivity contribution in [2.45, 2.75) is 180 Å². The summed E-state index contributed by atoms with van der Waals surface area (Å²) in [5.74, 6) is -5.03. The molecule has 3 rings (SSSR count). The van der Waals surface area contributed by atoms with Crippen LogP contribution in [0.3, 0.4) is 0 Å². The number of hydrogen-bond donors (Lipinski definition) is 3. The topological polar surface area (TPSA) is 276 Å². The number of methoxy groups -OCH3 is 1. The minimum Gasteiger partial charge on any atom is -0.457 e. The van der Waals surface area contributed by atoms with Gasteiger partial charge in [-0.2, -0.15) is 0 Å². The second-order valence-corrected chi connectivity index (χ2v) is 17.8. The Balaban J connectivity index is 2.38. The van der Waals surface area contributed by atoms with Crippen molar-refractivity contribution in [2.24, 2.45) is 35.0 Å². The number of cyclic esters (lactones) is 1. The molecule has 3 amide bonds. The highest BCUT2D eigenvalue weighted by molar-refractivity contribution is 5.96. The van der Waals surface area contributed by atoms with Crippen molar-refractivity contribution in [2.75, 3.05) is 21.2 Å². The molecule has 3 heterocycles. The molecule has 0 spiro atoms. The zero-order valence-corrected chi connectivity index (χ0v) is 38.6. The van der Waals surface area contributed by atoms with Gasteiger partial charge in [-0.05, 0) is 93.5 Å². The van der Waals surface area contributed by atoms with Gasteiger partial charge < -0.3 is 69.5 Å². The molecule has 0 saturated carbocycles. The van der Waals surface area contributed by atoms with Crippen LogP contribution >= 0.6 is 0 Å². The first kappa shape index (κ1) is 52.3. The lowest BCUT2D eigenvalue weighted by Crippen LogP contribution is -2.62. The van der Waals surface area contributed by atoms with Gasteiger partial charge in [0.1, 0.15) is 23.4 Å². The van der Waals surface area contributed by atoms with Crippen molar-refractivity contribution in [1.29, 1.82) is 0 Å². The van der Waals surface area contributed by atoms with Crippen molar-refractivity contribution in [3.63, 3.8) is 0 Å². The maximum absolute atomic E-state index is 14.6. The fourth-order valence-electron chi connectivity index (χ4n) is 9.33. The van der Waals surface area contributed by atoms with E-state index in [0.29, 0.717) is 6.42 Å². The van der Waals surface area contributed by atoms with Gasteiger partial charge >= 0.3 is 30.2 Å². The molecule has 0 aromatic rings. The number of likely N-dealkylation sites (N-methyl/N-ethyl adjacent to an activating group) is 1. The Morgan fingerprint density at radius 2 is 1.45 bits per heavy atom. The van der Waals surface area contributed by atoms with Crippen LogP contribution in [0, 0.1) is 17.8 Å². The molecule has 0 radical (unpaired) electrons. The number of carbonyl (C=O) groups excluding carboxylic acids is 6. The van der Waals surface area contributed by atoms with Gasteiger partial charge in [-0.15, -0.1) is 0 Å². The second kappa shape index (κ2) is 21.1. The average Bonchev–Trinajstić information content (AvgIpc) is 3.14. The SMILES string of the molecule is CC[C@H]1OC(=O)[C@H](C)[C@@H](O[C@H]2C[C@@](C)(OC)[C@@H](OC(N)=O)[C@H](C)O2)[C@H](C)[C@@H](O[C@@H]2O[C@H](C)C[C@H](N(C)C)[C@H]2OC(C)=O)[C@](C)(OC(N)=O)C[C@@H](C)C(=O)/C(C)=C/[C@]1(C)OC(N)=O. The van der Waals surface area contributed by atoms with Crippen LogP contribution < -0.4 is 17.2 Å². The summed E-state index contributed by atoms with van der Waals surface area (Å²) in [6.45, 7) is 17.5. The van der Waals surface area contributed by atoms with Gasteiger partial charge in [-0.25, -0.2) is 14.4 Å². The van der Waals surface area contributed by atoms with E-state index in [1.165, 1.54) is 40.9 Å². The number of esters is 2. The summed E-state index contributed by atoms with van der Waals surface area (Å²) < 4.78 is 61.2. The molecule has 3 aliphatic rings. The van der Waals surface area contributed by atoms with Crippen LogP contribution in [0.15, 0.2) is 11.6 Å². The van der Waals surface area contributed by atoms with E-state index in [0.717, 1.165) is 0 Å². The Morgan fingerprint density at radius 3 is 1.97 bits per heavy atom. The number of ketones is 1. The van der Waals surface area contributed by atoms with E-state index >= 15 is 0 Å². The number of carbonyl (C=O) groups is 6. The van der Waals surface area contributed by atoms with Crippen LogP contribution in [0.2, 0.25) is 0 Å². The minimum absolute atomic E-state index is 0.0443. The van der Waals surface area contributed by atoms with Gasteiger partial charge in [-0.3, -0.25) is 14.4 Å². The largest absolute Gasteiger partial charge is 0.457 e. The molecule has 0 bridgehead atoms. The van der Waals surface area contributed by atoms with Crippen LogP contribution in [0.1, 0.15) is 102 Å². The summed E-state index contributed by atoms with van der Waals surface area (Å²) >= 11 is 0. The predicted octanol–water partition coefficient (Wildman–Crippen LogP) is 3.61. The maximum atomic E-state index is 14.6. The molecule has 2 fully saturated rings. The molecule has 0 aromatic heterocycles. The first-order valence-electron chi connectivity index (χ1n) is 21.0. The van der Waals surface area contributed by atoms with Crippen molar-refractivity contribution in [1.82, 2.24) is 4.90 Å². The van der Waals surface area contributed by atoms with Crippen LogP contribution in [0.5, 0.6) is 0 Å². The molecule has 62 heavy (non-hydrogen) atoms. The molecule has 6 N–H and O–H groups in total. The highest BCUT2D eigenvalue weighted by atomic mass is 16.7. The summed E-state index contributed by atoms with van der Waals surface area (Å²) in [6, 6.07) is -0.402. The number of rotatable bonds is 11. The van der Waals surface area contributed by atoms with Gasteiger partial charge in [0.2, 0.25) is 0 Å². The maximum Gasteiger partial charge on any atom is 0.405 e. The molecular weight excluding hydrogens is 816 g/mol. The molecule has 20 heteroatoms. The number of amides is 3. The van der Waals surface area contributed by atoms with Crippen molar-refractivity contribution in [3.05, 3.63) is 11.6 Å². The molecule has 354 valence electrons. The third kappa shape index (κ3) is 12.6. The van der Waals surface area contributed by atoms with E-state index in [9.17, 15) is 28.8 Å². The van der Waals surface area contributed by atoms with Gasteiger partial charge in [0.25, 0.3) is 0 Å². The lowest BCUT2D eigenvalue weighted by molar-refractivity contribution is -0.317.